The predicted octanol–water partition coefficient (Wildman–Crippen LogP) is 4.34. The van der Waals surface area contributed by atoms with Crippen LogP contribution in [0.3, 0.4) is 0 Å². The Morgan fingerprint density at radius 2 is 2.00 bits per heavy atom. The number of carbonyl (C=O) groups is 1. The lowest BCUT2D eigenvalue weighted by molar-refractivity contribution is -0.274. The van der Waals surface area contributed by atoms with E-state index in [0.29, 0.717) is 29.6 Å². The first-order chi connectivity index (χ1) is 15.3. The largest absolute Gasteiger partial charge is 0.573 e. The number of amides is 1. The summed E-state index contributed by atoms with van der Waals surface area (Å²) >= 11 is 6.10. The van der Waals surface area contributed by atoms with Gasteiger partial charge in [0.2, 0.25) is 5.28 Å². The highest BCUT2D eigenvalue weighted by molar-refractivity contribution is 6.28. The molecule has 2 heterocycles. The Hall–Kier alpha value is -3.08. The van der Waals surface area contributed by atoms with Crippen molar-refractivity contribution in [3.63, 3.8) is 0 Å². The fourth-order valence-electron chi connectivity index (χ4n) is 3.76. The number of imidazole rings is 1. The zero-order valence-electron chi connectivity index (χ0n) is 16.8. The van der Waals surface area contributed by atoms with Crippen molar-refractivity contribution >= 4 is 34.5 Å². The first-order valence-corrected chi connectivity index (χ1v) is 10.5. The fourth-order valence-corrected chi connectivity index (χ4v) is 3.92. The molecule has 1 amide bonds. The minimum Gasteiger partial charge on any atom is -0.406 e. The lowest BCUT2D eigenvalue weighted by Crippen LogP contribution is -2.29. The lowest BCUT2D eigenvalue weighted by atomic mass is 10.2. The van der Waals surface area contributed by atoms with Crippen molar-refractivity contribution in [2.75, 3.05) is 18.4 Å². The van der Waals surface area contributed by atoms with Crippen molar-refractivity contribution in [1.29, 1.82) is 0 Å². The molecule has 1 saturated carbocycles. The second kappa shape index (κ2) is 9.19. The SMILES string of the molecule is O=C(NCCNc1nc(Cl)nc2c1ncn2C1CCCC1)c1cccc(OC(F)(F)F)c1. The molecule has 0 spiro atoms. The second-order valence-corrected chi connectivity index (χ2v) is 7.70. The van der Waals surface area contributed by atoms with Gasteiger partial charge in [0.1, 0.15) is 5.75 Å². The van der Waals surface area contributed by atoms with Crippen LogP contribution >= 0.6 is 11.6 Å². The number of hydrogen-bond acceptors (Lipinski definition) is 6. The van der Waals surface area contributed by atoms with Crippen molar-refractivity contribution in [2.24, 2.45) is 0 Å². The van der Waals surface area contributed by atoms with Crippen LogP contribution in [-0.4, -0.2) is 44.9 Å². The molecule has 2 N–H and O–H groups in total. The highest BCUT2D eigenvalue weighted by Gasteiger charge is 2.31. The van der Waals surface area contributed by atoms with E-state index in [1.807, 2.05) is 4.57 Å². The molecule has 1 aliphatic carbocycles. The maximum Gasteiger partial charge on any atom is 0.573 e. The third kappa shape index (κ3) is 5.21. The Balaban J connectivity index is 1.37. The Bertz CT molecular complexity index is 1110. The molecule has 2 aromatic heterocycles. The summed E-state index contributed by atoms with van der Waals surface area (Å²) in [7, 11) is 0. The van der Waals surface area contributed by atoms with E-state index in [4.69, 9.17) is 11.6 Å². The molecule has 0 unspecified atom stereocenters. The van der Waals surface area contributed by atoms with Gasteiger partial charge in [-0.15, -0.1) is 13.2 Å². The summed E-state index contributed by atoms with van der Waals surface area (Å²) in [6.07, 6.45) is 1.38. The minimum absolute atomic E-state index is 0.0505. The van der Waals surface area contributed by atoms with Crippen molar-refractivity contribution in [3.05, 3.63) is 41.4 Å². The van der Waals surface area contributed by atoms with Crippen LogP contribution < -0.4 is 15.4 Å². The Labute approximate surface area is 186 Å². The summed E-state index contributed by atoms with van der Waals surface area (Å²) in [6, 6.07) is 5.21. The first kappa shape index (κ1) is 22.1. The minimum atomic E-state index is -4.83. The van der Waals surface area contributed by atoms with Gasteiger partial charge in [0.05, 0.1) is 6.33 Å². The van der Waals surface area contributed by atoms with E-state index in [9.17, 15) is 18.0 Å². The van der Waals surface area contributed by atoms with Gasteiger partial charge < -0.3 is 19.9 Å². The Morgan fingerprint density at radius 1 is 1.22 bits per heavy atom. The second-order valence-electron chi connectivity index (χ2n) is 7.36. The highest BCUT2D eigenvalue weighted by atomic mass is 35.5. The maximum atomic E-state index is 12.4. The number of nitrogens with one attached hydrogen (secondary N) is 2. The molecular formula is C20H20ClF3N6O2. The standard InChI is InChI=1S/C20H20ClF3N6O2/c21-19-28-16(15-17(29-19)30(11-27-15)13-5-1-2-6-13)25-8-9-26-18(31)12-4-3-7-14(10-12)32-20(22,23)24/h3-4,7,10-11,13H,1-2,5-6,8-9H2,(H,26,31)(H,25,28,29). The quantitative estimate of drug-likeness (QED) is 0.396. The molecule has 1 aliphatic rings. The number of alkyl halides is 3. The highest BCUT2D eigenvalue weighted by Crippen LogP contribution is 2.33. The topological polar surface area (TPSA) is 94.0 Å². The monoisotopic (exact) mass is 468 g/mol. The van der Waals surface area contributed by atoms with Crippen molar-refractivity contribution in [1.82, 2.24) is 24.8 Å². The normalized spacial score (nSPS) is 14.6. The number of halogens is 4. The van der Waals surface area contributed by atoms with Gasteiger partial charge in [-0.25, -0.2) is 4.98 Å². The number of ether oxygens (including phenoxy) is 1. The van der Waals surface area contributed by atoms with Crippen molar-refractivity contribution in [2.45, 2.75) is 38.1 Å². The summed E-state index contributed by atoms with van der Waals surface area (Å²) in [5, 5.41) is 5.80. The van der Waals surface area contributed by atoms with E-state index in [-0.39, 0.29) is 17.4 Å². The molecule has 1 aromatic carbocycles. The number of carbonyl (C=O) groups excluding carboxylic acids is 1. The lowest BCUT2D eigenvalue weighted by Gasteiger charge is -2.12. The van der Waals surface area contributed by atoms with Gasteiger partial charge in [-0.1, -0.05) is 18.9 Å². The maximum absolute atomic E-state index is 12.4. The average Bonchev–Trinajstić information content (AvgIpc) is 3.39. The number of aromatic nitrogens is 4. The number of nitrogens with zero attached hydrogens (tertiary/aromatic N) is 4. The van der Waals surface area contributed by atoms with E-state index < -0.39 is 18.0 Å². The van der Waals surface area contributed by atoms with Gasteiger partial charge in [0, 0.05) is 24.7 Å². The molecule has 170 valence electrons. The van der Waals surface area contributed by atoms with Gasteiger partial charge in [0.15, 0.2) is 17.0 Å². The third-order valence-corrected chi connectivity index (χ3v) is 5.31. The zero-order chi connectivity index (χ0) is 22.7. The van der Waals surface area contributed by atoms with E-state index in [1.54, 1.807) is 6.33 Å². The summed E-state index contributed by atoms with van der Waals surface area (Å²) in [5.74, 6) is -0.540. The first-order valence-electron chi connectivity index (χ1n) is 10.1. The van der Waals surface area contributed by atoms with E-state index in [0.717, 1.165) is 25.0 Å². The average molecular weight is 469 g/mol. The molecule has 3 aromatic rings. The molecule has 0 radical (unpaired) electrons. The fraction of sp³-hybridized carbons (Fsp3) is 0.400. The molecule has 0 bridgehead atoms. The molecule has 8 nitrogen and oxygen atoms in total. The predicted molar refractivity (Wildman–Crippen MR) is 112 cm³/mol. The molecule has 0 aliphatic heterocycles. The summed E-state index contributed by atoms with van der Waals surface area (Å²) in [6.45, 7) is 0.485. The van der Waals surface area contributed by atoms with Gasteiger partial charge >= 0.3 is 6.36 Å². The summed E-state index contributed by atoms with van der Waals surface area (Å²) in [5.41, 5.74) is 1.30. The number of fused-ring (bicyclic) bond motifs is 1. The zero-order valence-corrected chi connectivity index (χ0v) is 17.6. The smallest absolute Gasteiger partial charge is 0.406 e. The van der Waals surface area contributed by atoms with Gasteiger partial charge in [-0.3, -0.25) is 4.79 Å². The van der Waals surface area contributed by atoms with E-state index in [2.05, 4.69) is 30.3 Å². The van der Waals surface area contributed by atoms with Crippen LogP contribution in [0.4, 0.5) is 19.0 Å². The molecule has 12 heteroatoms. The molecule has 4 rings (SSSR count). The Kier molecular flexibility index (Phi) is 6.35. The summed E-state index contributed by atoms with van der Waals surface area (Å²) in [4.78, 5) is 25.2. The van der Waals surface area contributed by atoms with Crippen LogP contribution in [0.5, 0.6) is 5.75 Å². The van der Waals surface area contributed by atoms with Crippen LogP contribution in [0.2, 0.25) is 5.28 Å². The van der Waals surface area contributed by atoms with Crippen LogP contribution in [0.15, 0.2) is 30.6 Å². The molecular weight excluding hydrogens is 449 g/mol. The number of anilines is 1. The van der Waals surface area contributed by atoms with Gasteiger partial charge in [0.25, 0.3) is 5.91 Å². The number of rotatable bonds is 7. The van der Waals surface area contributed by atoms with E-state index >= 15 is 0 Å². The molecule has 32 heavy (non-hydrogen) atoms. The van der Waals surface area contributed by atoms with Crippen LogP contribution in [0.25, 0.3) is 11.2 Å². The summed E-state index contributed by atoms with van der Waals surface area (Å²) < 4.78 is 42.9. The molecule has 0 atom stereocenters. The molecule has 1 fully saturated rings. The van der Waals surface area contributed by atoms with Crippen LogP contribution in [0.1, 0.15) is 42.1 Å². The van der Waals surface area contributed by atoms with Gasteiger partial charge in [-0.05, 0) is 42.6 Å². The van der Waals surface area contributed by atoms with Crippen molar-refractivity contribution < 1.29 is 22.7 Å². The van der Waals surface area contributed by atoms with E-state index in [1.165, 1.54) is 25.0 Å². The van der Waals surface area contributed by atoms with Gasteiger partial charge in [-0.2, -0.15) is 9.97 Å². The Morgan fingerprint density at radius 3 is 2.75 bits per heavy atom. The number of benzene rings is 1. The third-order valence-electron chi connectivity index (χ3n) is 5.15. The number of hydrogen-bond donors (Lipinski definition) is 2. The van der Waals surface area contributed by atoms with Crippen LogP contribution in [0, 0.1) is 0 Å². The van der Waals surface area contributed by atoms with Crippen molar-refractivity contribution in [3.8, 4) is 5.75 Å². The molecule has 0 saturated heterocycles. The van der Waals surface area contributed by atoms with Crippen LogP contribution in [-0.2, 0) is 0 Å².